The molecule has 2 amide bonds. The molecule has 1 aliphatic rings. The van der Waals surface area contributed by atoms with Crippen LogP contribution in [0.2, 0.25) is 10.0 Å². The third-order valence-electron chi connectivity index (χ3n) is 3.88. The minimum atomic E-state index is -0.820. The van der Waals surface area contributed by atoms with Gasteiger partial charge in [-0.1, -0.05) is 53.0 Å². The van der Waals surface area contributed by atoms with Crippen molar-refractivity contribution < 1.29 is 14.7 Å². The highest BCUT2D eigenvalue weighted by atomic mass is 35.5. The summed E-state index contributed by atoms with van der Waals surface area (Å²) in [5.74, 6) is -2.05. The standard InChI is InChI=1S/C18H13Cl2NO3/c1-9-6-7-11(10(2)8-9)14-16(22)18(24)21(17(14)23)13-5-3-4-12(19)15(13)20/h3-8,22H,1-2H3. The van der Waals surface area contributed by atoms with Crippen molar-refractivity contribution in [1.82, 2.24) is 0 Å². The summed E-state index contributed by atoms with van der Waals surface area (Å²) in [6.07, 6.45) is 0. The van der Waals surface area contributed by atoms with Gasteiger partial charge in [-0.25, -0.2) is 4.90 Å². The van der Waals surface area contributed by atoms with E-state index in [9.17, 15) is 14.7 Å². The zero-order valence-corrected chi connectivity index (χ0v) is 14.4. The maximum absolute atomic E-state index is 12.8. The Kier molecular flexibility index (Phi) is 4.11. The Bertz CT molecular complexity index is 918. The van der Waals surface area contributed by atoms with E-state index in [2.05, 4.69) is 0 Å². The van der Waals surface area contributed by atoms with Gasteiger partial charge in [0.05, 0.1) is 21.3 Å². The van der Waals surface area contributed by atoms with Gasteiger partial charge in [-0.15, -0.1) is 0 Å². The van der Waals surface area contributed by atoms with Crippen LogP contribution in [-0.4, -0.2) is 16.9 Å². The number of aliphatic hydroxyl groups is 1. The summed E-state index contributed by atoms with van der Waals surface area (Å²) in [7, 11) is 0. The van der Waals surface area contributed by atoms with E-state index in [0.29, 0.717) is 5.56 Å². The van der Waals surface area contributed by atoms with Crippen molar-refractivity contribution in [1.29, 1.82) is 0 Å². The molecule has 1 N–H and O–H groups in total. The molecule has 4 nitrogen and oxygen atoms in total. The zero-order valence-electron chi connectivity index (χ0n) is 12.9. The van der Waals surface area contributed by atoms with E-state index in [-0.39, 0.29) is 21.3 Å². The maximum atomic E-state index is 12.8. The van der Waals surface area contributed by atoms with Gasteiger partial charge in [-0.3, -0.25) is 9.59 Å². The normalized spacial score (nSPS) is 14.8. The predicted molar refractivity (Wildman–Crippen MR) is 94.4 cm³/mol. The fourth-order valence-electron chi connectivity index (χ4n) is 2.74. The molecule has 0 radical (unpaired) electrons. The van der Waals surface area contributed by atoms with Crippen LogP contribution in [0, 0.1) is 13.8 Å². The van der Waals surface area contributed by atoms with E-state index in [0.717, 1.165) is 16.0 Å². The van der Waals surface area contributed by atoms with Crippen molar-refractivity contribution >= 4 is 46.3 Å². The number of halogens is 2. The molecule has 0 saturated heterocycles. The van der Waals surface area contributed by atoms with Crippen LogP contribution in [0.1, 0.15) is 16.7 Å². The highest BCUT2D eigenvalue weighted by Gasteiger charge is 2.41. The molecule has 0 spiro atoms. The van der Waals surface area contributed by atoms with Crippen LogP contribution in [0.4, 0.5) is 5.69 Å². The quantitative estimate of drug-likeness (QED) is 0.803. The zero-order chi connectivity index (χ0) is 17.6. The summed E-state index contributed by atoms with van der Waals surface area (Å²) in [6, 6.07) is 10.0. The third kappa shape index (κ3) is 2.48. The molecule has 2 aromatic rings. The first-order valence-corrected chi connectivity index (χ1v) is 7.92. The number of nitrogens with zero attached hydrogens (tertiary/aromatic N) is 1. The third-order valence-corrected chi connectivity index (χ3v) is 4.69. The molecule has 0 bridgehead atoms. The number of aliphatic hydroxyl groups excluding tert-OH is 1. The van der Waals surface area contributed by atoms with Gasteiger partial charge < -0.3 is 5.11 Å². The number of imide groups is 1. The molecule has 1 aliphatic heterocycles. The van der Waals surface area contributed by atoms with Crippen molar-refractivity contribution in [2.75, 3.05) is 4.90 Å². The molecule has 0 saturated carbocycles. The first kappa shape index (κ1) is 16.6. The minimum Gasteiger partial charge on any atom is -0.502 e. The fraction of sp³-hybridized carbons (Fsp3) is 0.111. The molecule has 6 heteroatoms. The summed E-state index contributed by atoms with van der Waals surface area (Å²) >= 11 is 12.1. The van der Waals surface area contributed by atoms with Gasteiger partial charge in [0.1, 0.15) is 0 Å². The lowest BCUT2D eigenvalue weighted by Crippen LogP contribution is -2.31. The first-order chi connectivity index (χ1) is 11.3. The molecule has 0 unspecified atom stereocenters. The second kappa shape index (κ2) is 5.96. The van der Waals surface area contributed by atoms with Crippen LogP contribution in [0.15, 0.2) is 42.2 Å². The molecule has 24 heavy (non-hydrogen) atoms. The van der Waals surface area contributed by atoms with Gasteiger partial charge in [-0.05, 0) is 37.1 Å². The van der Waals surface area contributed by atoms with Crippen LogP contribution in [-0.2, 0) is 9.59 Å². The van der Waals surface area contributed by atoms with Gasteiger partial charge >= 0.3 is 5.91 Å². The average molecular weight is 362 g/mol. The summed E-state index contributed by atoms with van der Waals surface area (Å²) in [6.45, 7) is 3.74. The molecule has 0 atom stereocenters. The number of rotatable bonds is 2. The van der Waals surface area contributed by atoms with E-state index >= 15 is 0 Å². The summed E-state index contributed by atoms with van der Waals surface area (Å²) in [4.78, 5) is 26.1. The van der Waals surface area contributed by atoms with E-state index in [1.807, 2.05) is 26.0 Å². The topological polar surface area (TPSA) is 57.6 Å². The Morgan fingerprint density at radius 3 is 2.38 bits per heavy atom. The number of hydrogen-bond donors (Lipinski definition) is 1. The van der Waals surface area contributed by atoms with Gasteiger partial charge in [-0.2, -0.15) is 0 Å². The molecule has 0 aromatic heterocycles. The van der Waals surface area contributed by atoms with Crippen molar-refractivity contribution in [3.63, 3.8) is 0 Å². The lowest BCUT2D eigenvalue weighted by Gasteiger charge is -2.17. The van der Waals surface area contributed by atoms with E-state index in [1.54, 1.807) is 18.2 Å². The Morgan fingerprint density at radius 2 is 1.71 bits per heavy atom. The van der Waals surface area contributed by atoms with E-state index < -0.39 is 17.6 Å². The molecule has 2 aromatic carbocycles. The molecular weight excluding hydrogens is 349 g/mol. The van der Waals surface area contributed by atoms with Crippen LogP contribution < -0.4 is 4.90 Å². The van der Waals surface area contributed by atoms with Crippen molar-refractivity contribution in [3.8, 4) is 0 Å². The smallest absolute Gasteiger partial charge is 0.301 e. The van der Waals surface area contributed by atoms with E-state index in [4.69, 9.17) is 23.2 Å². The monoisotopic (exact) mass is 361 g/mol. The average Bonchev–Trinajstić information content (AvgIpc) is 2.74. The largest absolute Gasteiger partial charge is 0.502 e. The molecule has 0 aliphatic carbocycles. The Morgan fingerprint density at radius 1 is 1.00 bits per heavy atom. The van der Waals surface area contributed by atoms with Gasteiger partial charge in [0.15, 0.2) is 5.76 Å². The van der Waals surface area contributed by atoms with Crippen LogP contribution in [0.5, 0.6) is 0 Å². The molecule has 1 heterocycles. The van der Waals surface area contributed by atoms with Crippen LogP contribution >= 0.6 is 23.2 Å². The van der Waals surface area contributed by atoms with Crippen molar-refractivity contribution in [2.45, 2.75) is 13.8 Å². The Hall–Kier alpha value is -2.30. The number of amides is 2. The number of aryl methyl sites for hydroxylation is 2. The number of anilines is 1. The van der Waals surface area contributed by atoms with E-state index in [1.165, 1.54) is 6.07 Å². The summed E-state index contributed by atoms with van der Waals surface area (Å²) in [5.41, 5.74) is 2.43. The van der Waals surface area contributed by atoms with Gasteiger partial charge in [0.25, 0.3) is 5.91 Å². The fourth-order valence-corrected chi connectivity index (χ4v) is 3.12. The SMILES string of the molecule is Cc1ccc(C2=C(O)C(=O)N(c3cccc(Cl)c3Cl)C2=O)c(C)c1. The van der Waals surface area contributed by atoms with Crippen LogP contribution in [0.25, 0.3) is 5.57 Å². The maximum Gasteiger partial charge on any atom is 0.301 e. The second-order valence-electron chi connectivity index (χ2n) is 5.56. The van der Waals surface area contributed by atoms with Crippen LogP contribution in [0.3, 0.4) is 0 Å². The lowest BCUT2D eigenvalue weighted by atomic mass is 9.98. The summed E-state index contributed by atoms with van der Waals surface area (Å²) in [5, 5.41) is 10.6. The number of benzene rings is 2. The first-order valence-electron chi connectivity index (χ1n) is 7.16. The highest BCUT2D eigenvalue weighted by Crippen LogP contribution is 2.38. The molecule has 122 valence electrons. The summed E-state index contributed by atoms with van der Waals surface area (Å²) < 4.78 is 0. The van der Waals surface area contributed by atoms with Crippen molar-refractivity contribution in [2.24, 2.45) is 0 Å². The van der Waals surface area contributed by atoms with Gasteiger partial charge in [0.2, 0.25) is 0 Å². The van der Waals surface area contributed by atoms with Crippen molar-refractivity contribution in [3.05, 3.63) is 68.9 Å². The molecule has 0 fully saturated rings. The predicted octanol–water partition coefficient (Wildman–Crippen LogP) is 4.45. The molecular formula is C18H13Cl2NO3. The number of carbonyl (C=O) groups is 2. The Labute approximate surface area is 148 Å². The Balaban J connectivity index is 2.13. The number of carbonyl (C=O) groups excluding carboxylic acids is 2. The minimum absolute atomic E-state index is 0.0338. The second-order valence-corrected chi connectivity index (χ2v) is 6.35. The highest BCUT2D eigenvalue weighted by molar-refractivity contribution is 6.49. The lowest BCUT2D eigenvalue weighted by molar-refractivity contribution is -0.121. The van der Waals surface area contributed by atoms with Gasteiger partial charge in [0, 0.05) is 0 Å². The molecule has 3 rings (SSSR count). The number of hydrogen-bond acceptors (Lipinski definition) is 3.